The summed E-state index contributed by atoms with van der Waals surface area (Å²) in [5.74, 6) is -0.882. The second-order valence-corrected chi connectivity index (χ2v) is 8.36. The molecule has 2 saturated heterocycles. The van der Waals surface area contributed by atoms with E-state index in [9.17, 15) is 14.4 Å². The molecule has 2 aromatic carbocycles. The summed E-state index contributed by atoms with van der Waals surface area (Å²) >= 11 is 0. The van der Waals surface area contributed by atoms with E-state index in [1.54, 1.807) is 9.80 Å². The Hall–Kier alpha value is -3.19. The lowest BCUT2D eigenvalue weighted by atomic mass is 10.1. The van der Waals surface area contributed by atoms with Crippen molar-refractivity contribution < 1.29 is 14.4 Å². The molecule has 2 fully saturated rings. The molecule has 168 valence electrons. The molecule has 7 nitrogen and oxygen atoms in total. The third-order valence-electron chi connectivity index (χ3n) is 6.29. The van der Waals surface area contributed by atoms with E-state index >= 15 is 0 Å². The van der Waals surface area contributed by atoms with Gasteiger partial charge in [-0.3, -0.25) is 14.4 Å². The van der Waals surface area contributed by atoms with Crippen LogP contribution >= 0.6 is 0 Å². The molecule has 0 aromatic heterocycles. The van der Waals surface area contributed by atoms with Crippen LogP contribution in [0.25, 0.3) is 0 Å². The van der Waals surface area contributed by atoms with E-state index < -0.39 is 11.8 Å². The largest absolute Gasteiger partial charge is 0.336 e. The zero-order valence-corrected chi connectivity index (χ0v) is 18.6. The lowest BCUT2D eigenvalue weighted by Crippen LogP contribution is -2.53. The molecular formula is C25H30N4O3. The van der Waals surface area contributed by atoms with Crippen LogP contribution in [0.1, 0.15) is 28.4 Å². The maximum absolute atomic E-state index is 12.8. The first-order valence-electron chi connectivity index (χ1n) is 11.3. The van der Waals surface area contributed by atoms with Crippen LogP contribution in [0.5, 0.6) is 0 Å². The van der Waals surface area contributed by atoms with Gasteiger partial charge in [-0.1, -0.05) is 49.4 Å². The lowest BCUT2D eigenvalue weighted by molar-refractivity contribution is -0.156. The van der Waals surface area contributed by atoms with Crippen LogP contribution < -0.4 is 0 Å². The van der Waals surface area contributed by atoms with E-state index in [0.29, 0.717) is 31.7 Å². The van der Waals surface area contributed by atoms with Gasteiger partial charge < -0.3 is 19.6 Å². The van der Waals surface area contributed by atoms with Gasteiger partial charge in [0.2, 0.25) is 0 Å². The van der Waals surface area contributed by atoms with Crippen molar-refractivity contribution in [2.75, 3.05) is 45.8 Å². The normalized spacial score (nSPS) is 17.7. The molecule has 32 heavy (non-hydrogen) atoms. The minimum atomic E-state index is -0.471. The summed E-state index contributed by atoms with van der Waals surface area (Å²) in [5, 5.41) is 0. The van der Waals surface area contributed by atoms with Gasteiger partial charge >= 0.3 is 11.8 Å². The SMILES string of the molecule is CCN1CCN(C(=O)c2ccc(CN3CCN(Cc4ccccc4)C(=O)C3=O)cc2)CC1. The molecule has 2 aliphatic heterocycles. The molecule has 2 aliphatic rings. The van der Waals surface area contributed by atoms with Crippen molar-refractivity contribution in [1.29, 1.82) is 0 Å². The summed E-state index contributed by atoms with van der Waals surface area (Å²) in [6, 6.07) is 17.1. The second-order valence-electron chi connectivity index (χ2n) is 8.36. The zero-order valence-electron chi connectivity index (χ0n) is 18.6. The van der Waals surface area contributed by atoms with E-state index in [2.05, 4.69) is 11.8 Å². The van der Waals surface area contributed by atoms with Crippen molar-refractivity contribution in [2.24, 2.45) is 0 Å². The van der Waals surface area contributed by atoms with Gasteiger partial charge in [0, 0.05) is 57.9 Å². The zero-order chi connectivity index (χ0) is 22.5. The van der Waals surface area contributed by atoms with Crippen molar-refractivity contribution in [3.63, 3.8) is 0 Å². The van der Waals surface area contributed by atoms with E-state index in [1.165, 1.54) is 0 Å². The number of benzene rings is 2. The summed E-state index contributed by atoms with van der Waals surface area (Å²) in [6.07, 6.45) is 0. The molecule has 0 bridgehead atoms. The van der Waals surface area contributed by atoms with Crippen molar-refractivity contribution in [1.82, 2.24) is 19.6 Å². The highest BCUT2D eigenvalue weighted by atomic mass is 16.2. The average Bonchev–Trinajstić information content (AvgIpc) is 2.84. The Morgan fingerprint density at radius 2 is 1.25 bits per heavy atom. The topological polar surface area (TPSA) is 64.2 Å². The summed E-state index contributed by atoms with van der Waals surface area (Å²) < 4.78 is 0. The molecule has 0 aliphatic carbocycles. The lowest BCUT2D eigenvalue weighted by Gasteiger charge is -2.34. The molecule has 0 spiro atoms. The van der Waals surface area contributed by atoms with Crippen LogP contribution in [0.3, 0.4) is 0 Å². The summed E-state index contributed by atoms with van der Waals surface area (Å²) in [5.41, 5.74) is 2.59. The smallest absolute Gasteiger partial charge is 0.312 e. The number of hydrogen-bond donors (Lipinski definition) is 0. The molecule has 0 N–H and O–H groups in total. The molecule has 0 saturated carbocycles. The van der Waals surface area contributed by atoms with Crippen molar-refractivity contribution in [3.8, 4) is 0 Å². The highest BCUT2D eigenvalue weighted by Crippen LogP contribution is 2.15. The summed E-state index contributed by atoms with van der Waals surface area (Å²) in [4.78, 5) is 45.4. The number of rotatable bonds is 6. The molecule has 2 heterocycles. The molecule has 0 unspecified atom stereocenters. The first-order chi connectivity index (χ1) is 15.5. The van der Waals surface area contributed by atoms with Gasteiger partial charge in [-0.25, -0.2) is 0 Å². The van der Waals surface area contributed by atoms with E-state index in [0.717, 1.165) is 43.9 Å². The minimum absolute atomic E-state index is 0.0492. The highest BCUT2D eigenvalue weighted by Gasteiger charge is 2.32. The Balaban J connectivity index is 1.32. The molecular weight excluding hydrogens is 404 g/mol. The highest BCUT2D eigenvalue weighted by molar-refractivity contribution is 6.35. The van der Waals surface area contributed by atoms with Gasteiger partial charge in [-0.05, 0) is 29.8 Å². The quantitative estimate of drug-likeness (QED) is 0.651. The maximum atomic E-state index is 12.8. The Morgan fingerprint density at radius 3 is 1.78 bits per heavy atom. The third kappa shape index (κ3) is 4.99. The number of hydrogen-bond acceptors (Lipinski definition) is 4. The first kappa shape index (κ1) is 22.0. The van der Waals surface area contributed by atoms with Crippen LogP contribution in [0, 0.1) is 0 Å². The van der Waals surface area contributed by atoms with Gasteiger partial charge in [0.05, 0.1) is 0 Å². The first-order valence-corrected chi connectivity index (χ1v) is 11.3. The van der Waals surface area contributed by atoms with Crippen LogP contribution in [0.4, 0.5) is 0 Å². The fourth-order valence-corrected chi connectivity index (χ4v) is 4.24. The molecule has 3 amide bonds. The molecule has 0 atom stereocenters. The number of likely N-dealkylation sites (N-methyl/N-ethyl adjacent to an activating group) is 1. The Morgan fingerprint density at radius 1 is 0.719 bits per heavy atom. The van der Waals surface area contributed by atoms with Crippen molar-refractivity contribution in [3.05, 3.63) is 71.3 Å². The molecule has 4 rings (SSSR count). The standard InChI is InChI=1S/C25H30N4O3/c1-2-26-12-14-27(15-13-26)23(30)22-10-8-21(9-11-22)19-29-17-16-28(24(31)25(29)32)18-20-6-4-3-5-7-20/h3-11H,2,12-19H2,1H3. The molecule has 2 aromatic rings. The van der Waals surface area contributed by atoms with Crippen molar-refractivity contribution in [2.45, 2.75) is 20.0 Å². The fraction of sp³-hybridized carbons (Fsp3) is 0.400. The van der Waals surface area contributed by atoms with Gasteiger partial charge in [0.25, 0.3) is 5.91 Å². The van der Waals surface area contributed by atoms with Gasteiger partial charge in [0.1, 0.15) is 0 Å². The number of nitrogens with zero attached hydrogens (tertiary/aromatic N) is 4. The van der Waals surface area contributed by atoms with E-state index in [-0.39, 0.29) is 5.91 Å². The number of piperazine rings is 2. The predicted octanol–water partition coefficient (Wildman–Crippen LogP) is 1.84. The molecule has 7 heteroatoms. The Kier molecular flexibility index (Phi) is 6.85. The third-order valence-corrected chi connectivity index (χ3v) is 6.29. The van der Waals surface area contributed by atoms with Crippen molar-refractivity contribution >= 4 is 17.7 Å². The minimum Gasteiger partial charge on any atom is -0.336 e. The van der Waals surface area contributed by atoms with Crippen LogP contribution in [-0.4, -0.2) is 83.1 Å². The van der Waals surface area contributed by atoms with Gasteiger partial charge in [-0.15, -0.1) is 0 Å². The fourth-order valence-electron chi connectivity index (χ4n) is 4.24. The van der Waals surface area contributed by atoms with E-state index in [1.807, 2.05) is 59.5 Å². The second kappa shape index (κ2) is 9.96. The number of carbonyl (C=O) groups is 3. The molecule has 0 radical (unpaired) electrons. The summed E-state index contributed by atoms with van der Waals surface area (Å²) in [7, 11) is 0. The average molecular weight is 435 g/mol. The monoisotopic (exact) mass is 434 g/mol. The van der Waals surface area contributed by atoms with Crippen LogP contribution in [-0.2, 0) is 22.7 Å². The van der Waals surface area contributed by atoms with E-state index in [4.69, 9.17) is 0 Å². The summed E-state index contributed by atoms with van der Waals surface area (Å²) in [6.45, 7) is 8.29. The van der Waals surface area contributed by atoms with Crippen LogP contribution in [0.2, 0.25) is 0 Å². The number of carbonyl (C=O) groups excluding carboxylic acids is 3. The Bertz CT molecular complexity index is 953. The maximum Gasteiger partial charge on any atom is 0.312 e. The number of amides is 3. The van der Waals surface area contributed by atoms with Gasteiger partial charge in [0.15, 0.2) is 0 Å². The van der Waals surface area contributed by atoms with Gasteiger partial charge in [-0.2, -0.15) is 0 Å². The predicted molar refractivity (Wildman–Crippen MR) is 122 cm³/mol. The van der Waals surface area contributed by atoms with Crippen LogP contribution in [0.15, 0.2) is 54.6 Å². The Labute approximate surface area is 189 Å².